The van der Waals surface area contributed by atoms with Gasteiger partial charge in [-0.2, -0.15) is 18.3 Å². The molecule has 2 aliphatic rings. The summed E-state index contributed by atoms with van der Waals surface area (Å²) in [5.41, 5.74) is 2.84. The van der Waals surface area contributed by atoms with Gasteiger partial charge in [-0.25, -0.2) is 9.48 Å². The number of nitrogens with one attached hydrogen (secondary N) is 2. The van der Waals surface area contributed by atoms with E-state index in [1.165, 1.54) is 24.3 Å². The normalized spacial score (nSPS) is 16.6. The Morgan fingerprint density at radius 2 is 1.85 bits per heavy atom. The molecule has 0 saturated carbocycles. The van der Waals surface area contributed by atoms with Crippen molar-refractivity contribution in [2.24, 2.45) is 0 Å². The van der Waals surface area contributed by atoms with Crippen molar-refractivity contribution in [2.75, 3.05) is 19.8 Å². The van der Waals surface area contributed by atoms with Gasteiger partial charge in [0.2, 0.25) is 0 Å². The monoisotopic (exact) mass is 597 g/mol. The van der Waals surface area contributed by atoms with Gasteiger partial charge >= 0.3 is 12.2 Å². The average Bonchev–Trinajstić information content (AvgIpc) is 3.61. The third-order valence-corrected chi connectivity index (χ3v) is 7.18. The summed E-state index contributed by atoms with van der Waals surface area (Å²) in [5, 5.41) is 26.2. The van der Waals surface area contributed by atoms with Crippen LogP contribution >= 0.6 is 23.2 Å². The highest BCUT2D eigenvalue weighted by Crippen LogP contribution is 2.39. The largest absolute Gasteiger partial charge is 0.416 e. The van der Waals surface area contributed by atoms with Crippen LogP contribution in [0, 0.1) is 5.41 Å². The number of carbonyl (C=O) groups excluding carboxylic acids is 1. The first-order valence-corrected chi connectivity index (χ1v) is 13.0. The number of urea groups is 1. The summed E-state index contributed by atoms with van der Waals surface area (Å²) >= 11 is 12.1. The van der Waals surface area contributed by atoms with E-state index in [0.29, 0.717) is 52.4 Å². The van der Waals surface area contributed by atoms with Crippen molar-refractivity contribution in [3.63, 3.8) is 0 Å². The second kappa shape index (κ2) is 11.0. The van der Waals surface area contributed by atoms with Gasteiger partial charge in [-0.1, -0.05) is 29.3 Å². The summed E-state index contributed by atoms with van der Waals surface area (Å²) in [5.74, 6) is -1.40. The molecule has 1 saturated heterocycles. The van der Waals surface area contributed by atoms with E-state index >= 15 is 0 Å². The van der Waals surface area contributed by atoms with Crippen molar-refractivity contribution in [1.29, 1.82) is 5.41 Å². The van der Waals surface area contributed by atoms with Gasteiger partial charge in [0.25, 0.3) is 0 Å². The second-order valence-corrected chi connectivity index (χ2v) is 10.3. The molecular weight excluding hydrogens is 574 g/mol. The number of amidine groups is 1. The number of rotatable bonds is 6. The summed E-state index contributed by atoms with van der Waals surface area (Å²) in [7, 11) is 0. The predicted octanol–water partition coefficient (Wildman–Crippen LogP) is 4.48. The fraction of sp³-hybridized carbons (Fsp3) is 0.346. The molecule has 212 valence electrons. The first kappa shape index (κ1) is 28.4. The van der Waals surface area contributed by atoms with Crippen molar-refractivity contribution in [2.45, 2.75) is 37.5 Å². The number of carbonyl (C=O) groups is 1. The number of aromatic nitrogens is 2. The lowest BCUT2D eigenvalue weighted by atomic mass is 10.1. The fourth-order valence-electron chi connectivity index (χ4n) is 4.74. The van der Waals surface area contributed by atoms with E-state index in [0.717, 1.165) is 11.3 Å². The van der Waals surface area contributed by atoms with Gasteiger partial charge in [-0.15, -0.1) is 0 Å². The zero-order valence-corrected chi connectivity index (χ0v) is 22.4. The first-order valence-electron chi connectivity index (χ1n) is 12.2. The Balaban J connectivity index is 1.41. The third kappa shape index (κ3) is 5.81. The molecule has 2 aromatic carbocycles. The zero-order chi connectivity index (χ0) is 28.7. The van der Waals surface area contributed by atoms with Crippen molar-refractivity contribution < 1.29 is 32.5 Å². The maximum Gasteiger partial charge on any atom is 0.416 e. The number of fused-ring (bicyclic) bond motifs is 1. The number of ether oxygens (including phenoxy) is 2. The van der Waals surface area contributed by atoms with Crippen LogP contribution < -0.4 is 5.32 Å². The molecule has 0 unspecified atom stereocenters. The Kier molecular flexibility index (Phi) is 7.81. The Hall–Kier alpha value is -3.16. The van der Waals surface area contributed by atoms with Gasteiger partial charge in [0.1, 0.15) is 5.84 Å². The van der Waals surface area contributed by atoms with Crippen LogP contribution in [0.4, 0.5) is 18.0 Å². The molecule has 5 rings (SSSR count). The highest BCUT2D eigenvalue weighted by molar-refractivity contribution is 6.31. The van der Waals surface area contributed by atoms with E-state index in [1.54, 1.807) is 22.9 Å². The molecule has 14 heteroatoms. The molecule has 3 aromatic rings. The van der Waals surface area contributed by atoms with Crippen LogP contribution in [0.1, 0.15) is 22.5 Å². The molecule has 40 heavy (non-hydrogen) atoms. The molecule has 2 heterocycles. The molecular formula is C26H24Cl2F3N5O4. The maximum absolute atomic E-state index is 13.2. The van der Waals surface area contributed by atoms with Gasteiger partial charge < -0.3 is 19.9 Å². The molecule has 1 atom stereocenters. The highest BCUT2D eigenvalue weighted by atomic mass is 35.5. The van der Waals surface area contributed by atoms with Crippen LogP contribution in [0.15, 0.2) is 48.5 Å². The second-order valence-electron chi connectivity index (χ2n) is 9.41. The number of hydrogen-bond acceptors (Lipinski definition) is 6. The van der Waals surface area contributed by atoms with Crippen LogP contribution in [0.2, 0.25) is 10.0 Å². The Morgan fingerprint density at radius 3 is 2.50 bits per heavy atom. The Labute approximate surface area is 236 Å². The standard InChI is InChI=1S/C26H24Cl2F3N5O4/c27-16-6-4-15(5-7-16)23(32)35(14-22(37)26(29,30)31)24(38)33-13-20-19-11-25(39-8-9-40-25)12-21(19)36(34-20)18-3-1-2-17(28)10-18/h1-7,10,22,32,37H,8-9,11-14H2,(H,33,38)/t22-/m0/s1. The minimum atomic E-state index is -5.00. The lowest BCUT2D eigenvalue weighted by Crippen LogP contribution is -2.50. The smallest absolute Gasteiger partial charge is 0.382 e. The summed E-state index contributed by atoms with van der Waals surface area (Å²) in [6, 6.07) is 11.7. The van der Waals surface area contributed by atoms with Gasteiger partial charge in [0.15, 0.2) is 11.9 Å². The lowest BCUT2D eigenvalue weighted by Gasteiger charge is -2.27. The minimum absolute atomic E-state index is 0.137. The van der Waals surface area contributed by atoms with Crippen LogP contribution in [0.5, 0.6) is 0 Å². The van der Waals surface area contributed by atoms with E-state index in [-0.39, 0.29) is 12.1 Å². The molecule has 0 radical (unpaired) electrons. The minimum Gasteiger partial charge on any atom is -0.382 e. The van der Waals surface area contributed by atoms with Crippen molar-refractivity contribution in [3.8, 4) is 5.69 Å². The van der Waals surface area contributed by atoms with E-state index in [1.807, 2.05) is 6.07 Å². The number of amides is 2. The summed E-state index contributed by atoms with van der Waals surface area (Å²) in [6.45, 7) is -0.484. The van der Waals surface area contributed by atoms with Gasteiger partial charge in [-0.05, 0) is 42.5 Å². The highest BCUT2D eigenvalue weighted by Gasteiger charge is 2.46. The zero-order valence-electron chi connectivity index (χ0n) is 20.8. The van der Waals surface area contributed by atoms with Gasteiger partial charge in [0.05, 0.1) is 43.4 Å². The molecule has 1 aliphatic carbocycles. The van der Waals surface area contributed by atoms with Crippen molar-refractivity contribution in [1.82, 2.24) is 20.0 Å². The van der Waals surface area contributed by atoms with E-state index in [4.69, 9.17) is 38.1 Å². The van der Waals surface area contributed by atoms with Crippen LogP contribution in [-0.2, 0) is 28.9 Å². The van der Waals surface area contributed by atoms with Crippen LogP contribution in [0.25, 0.3) is 5.69 Å². The first-order chi connectivity index (χ1) is 19.0. The number of nitrogens with zero attached hydrogens (tertiary/aromatic N) is 3. The number of alkyl halides is 3. The lowest BCUT2D eigenvalue weighted by molar-refractivity contribution is -0.204. The molecule has 0 bridgehead atoms. The topological polar surface area (TPSA) is 113 Å². The van der Waals surface area contributed by atoms with Crippen molar-refractivity contribution >= 4 is 35.1 Å². The number of hydrogen-bond donors (Lipinski definition) is 3. The number of aliphatic hydroxyl groups is 1. The maximum atomic E-state index is 13.2. The molecule has 1 fully saturated rings. The van der Waals surface area contributed by atoms with Crippen LogP contribution in [-0.4, -0.2) is 69.5 Å². The quantitative estimate of drug-likeness (QED) is 0.286. The van der Waals surface area contributed by atoms with Gasteiger partial charge in [0, 0.05) is 34.0 Å². The third-order valence-electron chi connectivity index (χ3n) is 6.70. The molecule has 3 N–H and O–H groups in total. The number of halogens is 5. The molecule has 9 nitrogen and oxygen atoms in total. The van der Waals surface area contributed by atoms with Crippen LogP contribution in [0.3, 0.4) is 0 Å². The van der Waals surface area contributed by atoms with Crippen molar-refractivity contribution in [3.05, 3.63) is 81.1 Å². The van der Waals surface area contributed by atoms with E-state index in [9.17, 15) is 23.1 Å². The number of benzene rings is 2. The Bertz CT molecular complexity index is 1420. The van der Waals surface area contributed by atoms with Gasteiger partial charge in [-0.3, -0.25) is 10.3 Å². The number of aliphatic hydroxyl groups excluding tert-OH is 1. The molecule has 1 spiro atoms. The van der Waals surface area contributed by atoms with E-state index in [2.05, 4.69) is 10.4 Å². The summed E-state index contributed by atoms with van der Waals surface area (Å²) in [6.07, 6.45) is -7.09. The molecule has 2 amide bonds. The van der Waals surface area contributed by atoms with E-state index < -0.39 is 36.5 Å². The SMILES string of the molecule is N=C(c1ccc(Cl)cc1)N(C[C@H](O)C(F)(F)F)C(=O)NCc1nn(-c2cccc(Cl)c2)c2c1CC1(C2)OCCO1. The summed E-state index contributed by atoms with van der Waals surface area (Å²) in [4.78, 5) is 13.7. The molecule has 1 aliphatic heterocycles. The fourth-order valence-corrected chi connectivity index (χ4v) is 5.05. The average molecular weight is 598 g/mol. The molecule has 1 aromatic heterocycles. The Morgan fingerprint density at radius 1 is 1.15 bits per heavy atom. The summed E-state index contributed by atoms with van der Waals surface area (Å²) < 4.78 is 53.0. The predicted molar refractivity (Wildman–Crippen MR) is 140 cm³/mol.